The molecule has 110 valence electrons. The number of nitrogens with one attached hydrogen (secondary N) is 1. The van der Waals surface area contributed by atoms with E-state index < -0.39 is 0 Å². The highest BCUT2D eigenvalue weighted by Gasteiger charge is 2.35. The molecular formula is C15H20N6. The molecule has 4 heterocycles. The molecule has 2 saturated heterocycles. The monoisotopic (exact) mass is 284 g/mol. The van der Waals surface area contributed by atoms with Crippen LogP contribution in [0.4, 0.5) is 0 Å². The molecule has 2 aliphatic rings. The van der Waals surface area contributed by atoms with Crippen molar-refractivity contribution in [2.45, 2.75) is 25.6 Å². The van der Waals surface area contributed by atoms with E-state index in [0.717, 1.165) is 36.8 Å². The lowest BCUT2D eigenvalue weighted by molar-refractivity contribution is 0.303. The van der Waals surface area contributed by atoms with Crippen LogP contribution in [0.1, 0.15) is 17.7 Å². The highest BCUT2D eigenvalue weighted by atomic mass is 15.4. The van der Waals surface area contributed by atoms with E-state index in [4.69, 9.17) is 0 Å². The van der Waals surface area contributed by atoms with E-state index >= 15 is 0 Å². The Hall–Kier alpha value is -1.79. The Bertz CT molecular complexity index is 583. The van der Waals surface area contributed by atoms with Crippen LogP contribution < -0.4 is 5.32 Å². The zero-order valence-electron chi connectivity index (χ0n) is 12.0. The number of likely N-dealkylation sites (tertiary alicyclic amines) is 1. The first kappa shape index (κ1) is 12.9. The third kappa shape index (κ3) is 2.82. The maximum atomic E-state index is 4.30. The topological polar surface area (TPSA) is 58.9 Å². The van der Waals surface area contributed by atoms with Gasteiger partial charge < -0.3 is 5.32 Å². The summed E-state index contributed by atoms with van der Waals surface area (Å²) in [5, 5.41) is 12.1. The van der Waals surface area contributed by atoms with Gasteiger partial charge in [0.1, 0.15) is 0 Å². The van der Waals surface area contributed by atoms with Gasteiger partial charge in [-0.15, -0.1) is 5.10 Å². The fraction of sp³-hybridized carbons (Fsp3) is 0.533. The Kier molecular flexibility index (Phi) is 3.40. The minimum absolute atomic E-state index is 0.690. The van der Waals surface area contributed by atoms with Crippen LogP contribution in [0.15, 0.2) is 30.7 Å². The molecule has 0 aromatic carbocycles. The van der Waals surface area contributed by atoms with Gasteiger partial charge in [-0.05, 0) is 30.5 Å². The Labute approximate surface area is 124 Å². The molecule has 2 atom stereocenters. The van der Waals surface area contributed by atoms with Gasteiger partial charge in [0.25, 0.3) is 0 Å². The van der Waals surface area contributed by atoms with Crippen LogP contribution in [0.5, 0.6) is 0 Å². The lowest BCUT2D eigenvalue weighted by atomic mass is 10.1. The van der Waals surface area contributed by atoms with Gasteiger partial charge in [-0.25, -0.2) is 4.68 Å². The highest BCUT2D eigenvalue weighted by molar-refractivity contribution is 5.09. The molecule has 2 aliphatic heterocycles. The Morgan fingerprint density at radius 1 is 1.29 bits per heavy atom. The fourth-order valence-corrected chi connectivity index (χ4v) is 3.46. The minimum atomic E-state index is 0.690. The van der Waals surface area contributed by atoms with Gasteiger partial charge in [0.05, 0.1) is 18.4 Å². The molecule has 0 bridgehead atoms. The zero-order valence-corrected chi connectivity index (χ0v) is 12.0. The van der Waals surface area contributed by atoms with E-state index in [2.05, 4.69) is 37.8 Å². The van der Waals surface area contributed by atoms with E-state index in [9.17, 15) is 0 Å². The summed E-state index contributed by atoms with van der Waals surface area (Å²) in [4.78, 5) is 6.61. The number of nitrogens with zero attached hydrogens (tertiary/aromatic N) is 5. The molecule has 2 aromatic heterocycles. The molecule has 0 spiro atoms. The van der Waals surface area contributed by atoms with Crippen LogP contribution in [0.3, 0.4) is 0 Å². The summed E-state index contributed by atoms with van der Waals surface area (Å²) >= 11 is 0. The Morgan fingerprint density at radius 3 is 3.14 bits per heavy atom. The molecule has 1 N–H and O–H groups in total. The highest BCUT2D eigenvalue weighted by Crippen LogP contribution is 2.25. The number of pyridine rings is 1. The van der Waals surface area contributed by atoms with E-state index in [-0.39, 0.29) is 0 Å². The van der Waals surface area contributed by atoms with Crippen molar-refractivity contribution >= 4 is 0 Å². The molecule has 6 heteroatoms. The largest absolute Gasteiger partial charge is 0.312 e. The predicted molar refractivity (Wildman–Crippen MR) is 78.5 cm³/mol. The Morgan fingerprint density at radius 2 is 2.29 bits per heavy atom. The lowest BCUT2D eigenvalue weighted by Gasteiger charge is -2.14. The standard InChI is InChI=1S/C15H20N6/c1-2-12(6-16-4-1)7-21-10-14(18-19-21)9-20-8-13-3-5-17-15(13)11-20/h1-2,4,6,10,13,15,17H,3,5,7-9,11H2/t13-,15+/m0/s1. The van der Waals surface area contributed by atoms with Crippen LogP contribution in [-0.2, 0) is 13.1 Å². The van der Waals surface area contributed by atoms with Gasteiger partial charge in [-0.2, -0.15) is 0 Å². The molecule has 2 aromatic rings. The summed E-state index contributed by atoms with van der Waals surface area (Å²) < 4.78 is 1.89. The number of hydrogen-bond acceptors (Lipinski definition) is 5. The fourth-order valence-electron chi connectivity index (χ4n) is 3.46. The van der Waals surface area contributed by atoms with Gasteiger partial charge in [0.15, 0.2) is 0 Å². The van der Waals surface area contributed by atoms with Gasteiger partial charge >= 0.3 is 0 Å². The first-order valence-electron chi connectivity index (χ1n) is 7.60. The molecule has 0 unspecified atom stereocenters. The van der Waals surface area contributed by atoms with Gasteiger partial charge in [0.2, 0.25) is 0 Å². The van der Waals surface area contributed by atoms with Crippen molar-refractivity contribution in [3.05, 3.63) is 42.0 Å². The average molecular weight is 284 g/mol. The third-order valence-electron chi connectivity index (χ3n) is 4.48. The van der Waals surface area contributed by atoms with Crippen molar-refractivity contribution < 1.29 is 0 Å². The molecule has 0 amide bonds. The first-order valence-corrected chi connectivity index (χ1v) is 7.60. The number of fused-ring (bicyclic) bond motifs is 1. The summed E-state index contributed by atoms with van der Waals surface area (Å²) in [6.45, 7) is 5.15. The van der Waals surface area contributed by atoms with Crippen LogP contribution in [0.2, 0.25) is 0 Å². The van der Waals surface area contributed by atoms with E-state index in [1.807, 2.05) is 16.9 Å². The van der Waals surface area contributed by atoms with Crippen molar-refractivity contribution in [3.8, 4) is 0 Å². The summed E-state index contributed by atoms with van der Waals surface area (Å²) in [7, 11) is 0. The maximum Gasteiger partial charge on any atom is 0.0967 e. The van der Waals surface area contributed by atoms with Crippen molar-refractivity contribution in [1.82, 2.24) is 30.2 Å². The van der Waals surface area contributed by atoms with Crippen molar-refractivity contribution in [3.63, 3.8) is 0 Å². The smallest absolute Gasteiger partial charge is 0.0967 e. The lowest BCUT2D eigenvalue weighted by Crippen LogP contribution is -2.30. The summed E-state index contributed by atoms with van der Waals surface area (Å²) in [6.07, 6.45) is 7.02. The third-order valence-corrected chi connectivity index (χ3v) is 4.48. The van der Waals surface area contributed by atoms with Gasteiger partial charge in [-0.1, -0.05) is 11.3 Å². The minimum Gasteiger partial charge on any atom is -0.312 e. The summed E-state index contributed by atoms with van der Waals surface area (Å²) in [6, 6.07) is 4.70. The second-order valence-electron chi connectivity index (χ2n) is 6.07. The molecule has 2 fully saturated rings. The molecule has 21 heavy (non-hydrogen) atoms. The van der Waals surface area contributed by atoms with Crippen molar-refractivity contribution in [2.75, 3.05) is 19.6 Å². The van der Waals surface area contributed by atoms with Crippen LogP contribution in [-0.4, -0.2) is 50.6 Å². The van der Waals surface area contributed by atoms with Crippen LogP contribution in [0.25, 0.3) is 0 Å². The average Bonchev–Trinajstić information content (AvgIpc) is 3.17. The number of rotatable bonds is 4. The van der Waals surface area contributed by atoms with Crippen LogP contribution >= 0.6 is 0 Å². The van der Waals surface area contributed by atoms with E-state index in [0.29, 0.717) is 6.04 Å². The van der Waals surface area contributed by atoms with Gasteiger partial charge in [-0.3, -0.25) is 9.88 Å². The molecule has 0 aliphatic carbocycles. The van der Waals surface area contributed by atoms with Gasteiger partial charge in [0, 0.05) is 38.1 Å². The van der Waals surface area contributed by atoms with Crippen LogP contribution in [0, 0.1) is 5.92 Å². The molecular weight excluding hydrogens is 264 g/mol. The summed E-state index contributed by atoms with van der Waals surface area (Å²) in [5.41, 5.74) is 2.20. The SMILES string of the molecule is c1cncc(Cn2cc(CN3C[C@@H]4CCN[C@@H]4C3)nn2)c1. The maximum absolute atomic E-state index is 4.30. The Balaban J connectivity index is 1.37. The number of aromatic nitrogens is 4. The molecule has 4 rings (SSSR count). The quantitative estimate of drug-likeness (QED) is 0.887. The predicted octanol–water partition coefficient (Wildman–Crippen LogP) is 0.515. The normalized spacial score (nSPS) is 25.3. The number of hydrogen-bond donors (Lipinski definition) is 1. The van der Waals surface area contributed by atoms with E-state index in [1.54, 1.807) is 6.20 Å². The second-order valence-corrected chi connectivity index (χ2v) is 6.07. The first-order chi connectivity index (χ1) is 10.4. The van der Waals surface area contributed by atoms with E-state index in [1.165, 1.54) is 19.5 Å². The zero-order chi connectivity index (χ0) is 14.1. The molecule has 0 radical (unpaired) electrons. The van der Waals surface area contributed by atoms with Crippen molar-refractivity contribution in [1.29, 1.82) is 0 Å². The molecule has 0 saturated carbocycles. The molecule has 6 nitrogen and oxygen atoms in total. The summed E-state index contributed by atoms with van der Waals surface area (Å²) in [5.74, 6) is 0.829. The van der Waals surface area contributed by atoms with Crippen molar-refractivity contribution in [2.24, 2.45) is 5.92 Å². The second kappa shape index (κ2) is 5.54.